The molecular formula is C8H12N2O4S. The number of carbonyl (C=O) groups excluding carboxylic acids is 1. The molecule has 2 aliphatic heterocycles. The lowest BCUT2D eigenvalue weighted by atomic mass is 10.0. The second kappa shape index (κ2) is 3.10. The first-order chi connectivity index (χ1) is 6.92. The van der Waals surface area contributed by atoms with Gasteiger partial charge in [0.05, 0.1) is 0 Å². The van der Waals surface area contributed by atoms with Gasteiger partial charge >= 0.3 is 5.97 Å². The summed E-state index contributed by atoms with van der Waals surface area (Å²) in [5.41, 5.74) is 5.58. The number of amides is 1. The molecule has 0 aromatic carbocycles. The van der Waals surface area contributed by atoms with Crippen molar-refractivity contribution in [2.24, 2.45) is 5.73 Å². The van der Waals surface area contributed by atoms with Gasteiger partial charge in [0.2, 0.25) is 5.91 Å². The molecule has 84 valence electrons. The highest BCUT2D eigenvalue weighted by Crippen LogP contribution is 2.50. The number of fused-ring (bicyclic) bond motifs is 1. The molecular weight excluding hydrogens is 220 g/mol. The number of hydrogen-bond acceptors (Lipinski definition) is 5. The standard InChI is InChI=1S/C8H12N2O4S/c1-8(14-2)4(7(12)13)10-5(11)3(9)6(10)15-8/h3-4,6H,9H2,1-2H3,(H,12,13)/t3?,4?,6-,8+/m1/s1. The van der Waals surface area contributed by atoms with E-state index >= 15 is 0 Å². The number of thioether (sulfide) groups is 1. The summed E-state index contributed by atoms with van der Waals surface area (Å²) in [5, 5.41) is 8.80. The number of nitrogens with zero attached hydrogens (tertiary/aromatic N) is 1. The third-order valence-corrected chi connectivity index (χ3v) is 4.51. The normalized spacial score (nSPS) is 43.8. The van der Waals surface area contributed by atoms with Crippen LogP contribution in [0.2, 0.25) is 0 Å². The third-order valence-electron chi connectivity index (χ3n) is 2.89. The van der Waals surface area contributed by atoms with Crippen molar-refractivity contribution in [3.05, 3.63) is 0 Å². The van der Waals surface area contributed by atoms with Crippen LogP contribution in [-0.2, 0) is 14.3 Å². The second-order valence-corrected chi connectivity index (χ2v) is 5.27. The van der Waals surface area contributed by atoms with Gasteiger partial charge in [0.1, 0.15) is 16.3 Å². The van der Waals surface area contributed by atoms with Crippen LogP contribution in [-0.4, -0.2) is 51.4 Å². The van der Waals surface area contributed by atoms with Gasteiger partial charge in [-0.3, -0.25) is 4.79 Å². The fourth-order valence-corrected chi connectivity index (χ4v) is 3.50. The molecule has 1 amide bonds. The van der Waals surface area contributed by atoms with Gasteiger partial charge in [0.25, 0.3) is 0 Å². The SMILES string of the molecule is CO[C@@]1(C)S[C@@H]2C(N)C(=O)N2C1C(=O)O. The molecule has 4 atom stereocenters. The lowest BCUT2D eigenvalue weighted by Crippen LogP contribution is -2.68. The number of rotatable bonds is 2. The Hall–Kier alpha value is -0.790. The lowest BCUT2D eigenvalue weighted by molar-refractivity contribution is -0.164. The van der Waals surface area contributed by atoms with Crippen LogP contribution < -0.4 is 5.73 Å². The van der Waals surface area contributed by atoms with Crippen molar-refractivity contribution in [3.63, 3.8) is 0 Å². The molecule has 0 aromatic heterocycles. The molecule has 0 saturated carbocycles. The number of aliphatic carboxylic acids is 1. The zero-order chi connectivity index (χ0) is 11.4. The zero-order valence-corrected chi connectivity index (χ0v) is 9.15. The number of carboxylic acids is 1. The quantitative estimate of drug-likeness (QED) is 0.596. The smallest absolute Gasteiger partial charge is 0.330 e. The van der Waals surface area contributed by atoms with Gasteiger partial charge in [-0.15, -0.1) is 0 Å². The van der Waals surface area contributed by atoms with E-state index in [1.807, 2.05) is 0 Å². The van der Waals surface area contributed by atoms with E-state index in [2.05, 4.69) is 0 Å². The summed E-state index contributed by atoms with van der Waals surface area (Å²) >= 11 is 1.29. The minimum atomic E-state index is -1.06. The van der Waals surface area contributed by atoms with E-state index in [1.54, 1.807) is 6.92 Å². The molecule has 2 heterocycles. The molecule has 0 spiro atoms. The highest BCUT2D eigenvalue weighted by molar-refractivity contribution is 8.01. The van der Waals surface area contributed by atoms with E-state index in [0.717, 1.165) is 0 Å². The molecule has 0 aromatic rings. The Kier molecular flexibility index (Phi) is 2.21. The minimum absolute atomic E-state index is 0.274. The Morgan fingerprint density at radius 2 is 2.33 bits per heavy atom. The molecule has 0 radical (unpaired) electrons. The molecule has 3 N–H and O–H groups in total. The van der Waals surface area contributed by atoms with Crippen molar-refractivity contribution in [2.75, 3.05) is 7.11 Å². The average molecular weight is 232 g/mol. The maximum atomic E-state index is 11.4. The fourth-order valence-electron chi connectivity index (χ4n) is 1.97. The maximum Gasteiger partial charge on any atom is 0.330 e. The predicted molar refractivity (Wildman–Crippen MR) is 53.0 cm³/mol. The van der Waals surface area contributed by atoms with Crippen molar-refractivity contribution < 1.29 is 19.4 Å². The summed E-state index contributed by atoms with van der Waals surface area (Å²) in [6.07, 6.45) is 0. The molecule has 2 rings (SSSR count). The molecule has 0 bridgehead atoms. The van der Waals surface area contributed by atoms with Crippen LogP contribution >= 0.6 is 11.8 Å². The fraction of sp³-hybridized carbons (Fsp3) is 0.750. The Labute approximate surface area is 90.7 Å². The number of carbonyl (C=O) groups is 2. The van der Waals surface area contributed by atoms with E-state index in [0.29, 0.717) is 0 Å². The van der Waals surface area contributed by atoms with E-state index in [-0.39, 0.29) is 11.3 Å². The van der Waals surface area contributed by atoms with E-state index in [4.69, 9.17) is 15.6 Å². The zero-order valence-electron chi connectivity index (χ0n) is 8.34. The third kappa shape index (κ3) is 1.20. The minimum Gasteiger partial charge on any atom is -0.480 e. The Morgan fingerprint density at radius 1 is 1.73 bits per heavy atom. The number of β-lactam (4-membered cyclic amide) rings is 1. The highest BCUT2D eigenvalue weighted by atomic mass is 32.2. The van der Waals surface area contributed by atoms with Crippen molar-refractivity contribution in [1.29, 1.82) is 0 Å². The molecule has 2 aliphatic rings. The van der Waals surface area contributed by atoms with Crippen molar-refractivity contribution in [3.8, 4) is 0 Å². The van der Waals surface area contributed by atoms with Crippen LogP contribution in [0.5, 0.6) is 0 Å². The highest BCUT2D eigenvalue weighted by Gasteiger charge is 2.65. The summed E-state index contributed by atoms with van der Waals surface area (Å²) in [6.45, 7) is 1.66. The maximum absolute atomic E-state index is 11.4. The topological polar surface area (TPSA) is 92.9 Å². The number of ether oxygens (including phenoxy) is 1. The van der Waals surface area contributed by atoms with Gasteiger partial charge in [-0.1, -0.05) is 11.8 Å². The van der Waals surface area contributed by atoms with E-state index in [1.165, 1.54) is 23.8 Å². The van der Waals surface area contributed by atoms with E-state index in [9.17, 15) is 9.59 Å². The Balaban J connectivity index is 2.33. The first-order valence-electron chi connectivity index (χ1n) is 4.46. The number of hydrogen-bond donors (Lipinski definition) is 2. The molecule has 2 saturated heterocycles. The number of carboxylic acid groups (broad SMARTS) is 1. The largest absolute Gasteiger partial charge is 0.480 e. The van der Waals surface area contributed by atoms with Crippen LogP contribution in [0.4, 0.5) is 0 Å². The molecule has 6 nitrogen and oxygen atoms in total. The van der Waals surface area contributed by atoms with Gasteiger partial charge in [-0.2, -0.15) is 0 Å². The molecule has 2 fully saturated rings. The Morgan fingerprint density at radius 3 is 2.80 bits per heavy atom. The summed E-state index contributed by atoms with van der Waals surface area (Å²) in [4.78, 5) is 22.9. The van der Waals surface area contributed by atoms with Crippen LogP contribution in [0.1, 0.15) is 6.92 Å². The summed E-state index contributed by atoms with van der Waals surface area (Å²) in [7, 11) is 1.44. The summed E-state index contributed by atoms with van der Waals surface area (Å²) < 4.78 is 5.18. The predicted octanol–water partition coefficient (Wildman–Crippen LogP) is -0.955. The Bertz CT molecular complexity index is 337. The summed E-state index contributed by atoms with van der Waals surface area (Å²) in [5.74, 6) is -1.38. The van der Waals surface area contributed by atoms with Crippen molar-refractivity contribution in [2.45, 2.75) is 29.3 Å². The van der Waals surface area contributed by atoms with Gasteiger partial charge in [-0.05, 0) is 6.92 Å². The van der Waals surface area contributed by atoms with Crippen LogP contribution in [0.15, 0.2) is 0 Å². The van der Waals surface area contributed by atoms with Crippen LogP contribution in [0, 0.1) is 0 Å². The monoisotopic (exact) mass is 232 g/mol. The molecule has 0 aliphatic carbocycles. The second-order valence-electron chi connectivity index (χ2n) is 3.74. The van der Waals surface area contributed by atoms with Crippen molar-refractivity contribution >= 4 is 23.6 Å². The average Bonchev–Trinajstić information content (AvgIpc) is 2.49. The van der Waals surface area contributed by atoms with Crippen LogP contribution in [0.25, 0.3) is 0 Å². The molecule has 7 heteroatoms. The first kappa shape index (κ1) is 10.7. The lowest BCUT2D eigenvalue weighted by Gasteiger charge is -2.41. The number of methoxy groups -OCH3 is 1. The number of nitrogens with two attached hydrogens (primary N) is 1. The van der Waals surface area contributed by atoms with Gasteiger partial charge in [0.15, 0.2) is 6.04 Å². The summed E-state index contributed by atoms with van der Waals surface area (Å²) in [6, 6.07) is -1.56. The van der Waals surface area contributed by atoms with Crippen molar-refractivity contribution in [1.82, 2.24) is 4.90 Å². The van der Waals surface area contributed by atoms with Crippen LogP contribution in [0.3, 0.4) is 0 Å². The molecule has 2 unspecified atom stereocenters. The molecule has 15 heavy (non-hydrogen) atoms. The van der Waals surface area contributed by atoms with Gasteiger partial charge < -0.3 is 20.5 Å². The first-order valence-corrected chi connectivity index (χ1v) is 5.34. The van der Waals surface area contributed by atoms with E-state index < -0.39 is 23.0 Å². The van der Waals surface area contributed by atoms with Gasteiger partial charge in [0, 0.05) is 7.11 Å². The van der Waals surface area contributed by atoms with Gasteiger partial charge in [-0.25, -0.2) is 4.79 Å².